The van der Waals surface area contributed by atoms with Crippen molar-refractivity contribution in [2.75, 3.05) is 12.9 Å². The van der Waals surface area contributed by atoms with Gasteiger partial charge in [0, 0.05) is 28.9 Å². The third-order valence-corrected chi connectivity index (χ3v) is 6.10. The van der Waals surface area contributed by atoms with Gasteiger partial charge >= 0.3 is 0 Å². The first-order valence-corrected chi connectivity index (χ1v) is 12.0. The number of nitriles is 1. The van der Waals surface area contributed by atoms with Gasteiger partial charge in [0.15, 0.2) is 0 Å². The number of H-pyrrole nitrogens is 1. The predicted molar refractivity (Wildman–Crippen MR) is 117 cm³/mol. The number of alkyl halides is 2. The molecule has 0 spiro atoms. The normalized spacial score (nSPS) is 15.8. The number of fused-ring (bicyclic) bond motifs is 2. The van der Waals surface area contributed by atoms with Crippen LogP contribution in [-0.4, -0.2) is 52.1 Å². The molecule has 1 atom stereocenters. The molecule has 0 unspecified atom stereocenters. The van der Waals surface area contributed by atoms with Gasteiger partial charge in [-0.15, -0.1) is 0 Å². The van der Waals surface area contributed by atoms with Crippen molar-refractivity contribution >= 4 is 21.1 Å². The van der Waals surface area contributed by atoms with Crippen LogP contribution in [0.4, 0.5) is 8.78 Å². The second-order valence-corrected chi connectivity index (χ2v) is 9.51. The third-order valence-electron chi connectivity index (χ3n) is 5.34. The zero-order valence-electron chi connectivity index (χ0n) is 17.7. The average Bonchev–Trinajstić information content (AvgIpc) is 3.36. The van der Waals surface area contributed by atoms with E-state index in [0.717, 1.165) is 6.26 Å². The minimum absolute atomic E-state index is 0.00622. The summed E-state index contributed by atoms with van der Waals surface area (Å²) < 4.78 is 61.0. The summed E-state index contributed by atoms with van der Waals surface area (Å²) in [6.45, 7) is -0.0646. The van der Waals surface area contributed by atoms with Crippen molar-refractivity contribution in [1.29, 1.82) is 5.26 Å². The van der Waals surface area contributed by atoms with Crippen molar-refractivity contribution in [3.05, 3.63) is 48.0 Å². The lowest BCUT2D eigenvalue weighted by molar-refractivity contribution is 0.144. The van der Waals surface area contributed by atoms with Crippen LogP contribution in [0, 0.1) is 11.3 Å². The summed E-state index contributed by atoms with van der Waals surface area (Å²) >= 11 is 0. The largest absolute Gasteiger partial charge is 0.476 e. The SMILES string of the molecule is CS(=O)(=O)N[C@@H]1COc2c(-c3[nH]c4ncccc4c3-c3cccnc3C#N)c(C(F)F)nn2C1. The molecule has 0 saturated carbocycles. The molecular weight excluding hydrogens is 468 g/mol. The highest BCUT2D eigenvalue weighted by atomic mass is 32.2. The Morgan fingerprint density at radius 2 is 2.03 bits per heavy atom. The van der Waals surface area contributed by atoms with E-state index in [1.807, 2.05) is 6.07 Å². The van der Waals surface area contributed by atoms with Gasteiger partial charge in [0.1, 0.15) is 29.7 Å². The summed E-state index contributed by atoms with van der Waals surface area (Å²) in [7, 11) is -3.54. The average molecular weight is 485 g/mol. The number of hydrogen-bond donors (Lipinski definition) is 2. The first kappa shape index (κ1) is 21.9. The quantitative estimate of drug-likeness (QED) is 0.443. The van der Waals surface area contributed by atoms with E-state index in [4.69, 9.17) is 4.74 Å². The van der Waals surface area contributed by atoms with E-state index in [-0.39, 0.29) is 36.0 Å². The van der Waals surface area contributed by atoms with E-state index in [2.05, 4.69) is 24.8 Å². The molecule has 5 rings (SSSR count). The van der Waals surface area contributed by atoms with Crippen LogP contribution in [0.25, 0.3) is 33.4 Å². The molecule has 0 bridgehead atoms. The fourth-order valence-electron chi connectivity index (χ4n) is 4.12. The number of nitrogens with zero attached hydrogens (tertiary/aromatic N) is 5. The smallest absolute Gasteiger partial charge is 0.282 e. The molecule has 13 heteroatoms. The number of aromatic nitrogens is 5. The lowest BCUT2D eigenvalue weighted by Gasteiger charge is -2.24. The Morgan fingerprint density at radius 1 is 1.26 bits per heavy atom. The van der Waals surface area contributed by atoms with Gasteiger partial charge in [-0.1, -0.05) is 0 Å². The van der Waals surface area contributed by atoms with Gasteiger partial charge in [-0.05, 0) is 24.3 Å². The maximum absolute atomic E-state index is 14.2. The van der Waals surface area contributed by atoms with Crippen molar-refractivity contribution in [2.45, 2.75) is 19.0 Å². The molecule has 1 aliphatic rings. The Kier molecular flexibility index (Phi) is 5.26. The lowest BCUT2D eigenvalue weighted by Crippen LogP contribution is -2.44. The van der Waals surface area contributed by atoms with E-state index in [1.165, 1.54) is 10.9 Å². The van der Waals surface area contributed by atoms with Crippen LogP contribution < -0.4 is 9.46 Å². The summed E-state index contributed by atoms with van der Waals surface area (Å²) in [6, 6.07) is 8.15. The van der Waals surface area contributed by atoms with Gasteiger partial charge in [0.05, 0.1) is 30.1 Å². The van der Waals surface area contributed by atoms with E-state index in [0.29, 0.717) is 22.2 Å². The van der Waals surface area contributed by atoms with E-state index < -0.39 is 28.2 Å². The Balaban J connectivity index is 1.75. The molecular formula is C21H17F2N7O3S. The van der Waals surface area contributed by atoms with Gasteiger partial charge < -0.3 is 9.72 Å². The molecule has 0 aliphatic carbocycles. The highest BCUT2D eigenvalue weighted by Gasteiger charge is 2.34. The molecule has 0 saturated heterocycles. The zero-order valence-corrected chi connectivity index (χ0v) is 18.5. The summed E-state index contributed by atoms with van der Waals surface area (Å²) in [5.41, 5.74) is 1.18. The molecule has 4 aromatic heterocycles. The number of ether oxygens (including phenoxy) is 1. The standard InChI is InChI=1S/C21H17F2N7O3S/c1-34(31,32)29-11-9-30-21(33-10-11)16(18(28-30)19(22)23)17-15(12-4-2-6-25-14(12)8-24)13-5-3-7-26-20(13)27-17/h2-7,11,19,29H,9-10H2,1H3,(H,26,27)/t11-/m0/s1. The van der Waals surface area contributed by atoms with Crippen LogP contribution in [0.15, 0.2) is 36.7 Å². The van der Waals surface area contributed by atoms with E-state index >= 15 is 0 Å². The summed E-state index contributed by atoms with van der Waals surface area (Å²) in [6.07, 6.45) is 1.08. The number of aromatic amines is 1. The van der Waals surface area contributed by atoms with Crippen molar-refractivity contribution in [2.24, 2.45) is 0 Å². The molecule has 0 radical (unpaired) electrons. The first-order valence-electron chi connectivity index (χ1n) is 10.1. The molecule has 0 fully saturated rings. The fraction of sp³-hybridized carbons (Fsp3) is 0.238. The van der Waals surface area contributed by atoms with Crippen LogP contribution in [0.3, 0.4) is 0 Å². The van der Waals surface area contributed by atoms with Crippen molar-refractivity contribution in [3.8, 4) is 34.3 Å². The van der Waals surface area contributed by atoms with Gasteiger partial charge in [0.2, 0.25) is 15.9 Å². The Hall–Kier alpha value is -3.89. The highest BCUT2D eigenvalue weighted by Crippen LogP contribution is 2.46. The molecule has 34 heavy (non-hydrogen) atoms. The van der Waals surface area contributed by atoms with E-state index in [1.54, 1.807) is 30.5 Å². The number of sulfonamides is 1. The van der Waals surface area contributed by atoms with Crippen molar-refractivity contribution < 1.29 is 21.9 Å². The Morgan fingerprint density at radius 3 is 2.76 bits per heavy atom. The van der Waals surface area contributed by atoms with Crippen LogP contribution >= 0.6 is 0 Å². The maximum Gasteiger partial charge on any atom is 0.282 e. The van der Waals surface area contributed by atoms with Crippen molar-refractivity contribution in [1.82, 2.24) is 29.5 Å². The van der Waals surface area contributed by atoms with Gasteiger partial charge in [0.25, 0.3) is 6.43 Å². The second kappa shape index (κ2) is 8.15. The fourth-order valence-corrected chi connectivity index (χ4v) is 4.87. The minimum Gasteiger partial charge on any atom is -0.476 e. The summed E-state index contributed by atoms with van der Waals surface area (Å²) in [5, 5.41) is 14.3. The van der Waals surface area contributed by atoms with E-state index in [9.17, 15) is 22.5 Å². The number of rotatable bonds is 5. The Bertz CT molecular complexity index is 1560. The van der Waals surface area contributed by atoms with Crippen LogP contribution in [0.2, 0.25) is 0 Å². The van der Waals surface area contributed by atoms with Crippen LogP contribution in [-0.2, 0) is 16.6 Å². The summed E-state index contributed by atoms with van der Waals surface area (Å²) in [4.78, 5) is 11.5. The molecule has 1 aliphatic heterocycles. The molecule has 5 heterocycles. The number of hydrogen-bond acceptors (Lipinski definition) is 7. The summed E-state index contributed by atoms with van der Waals surface area (Å²) in [5.74, 6) is 0.0667. The van der Waals surface area contributed by atoms with Gasteiger partial charge in [-0.2, -0.15) is 10.4 Å². The maximum atomic E-state index is 14.2. The third kappa shape index (κ3) is 3.76. The topological polar surface area (TPSA) is 139 Å². The molecule has 174 valence electrons. The second-order valence-electron chi connectivity index (χ2n) is 7.73. The first-order chi connectivity index (χ1) is 16.3. The highest BCUT2D eigenvalue weighted by molar-refractivity contribution is 7.88. The number of halogens is 2. The predicted octanol–water partition coefficient (Wildman–Crippen LogP) is 2.61. The Labute approximate surface area is 192 Å². The molecule has 0 aromatic carbocycles. The number of nitrogens with one attached hydrogen (secondary N) is 2. The molecule has 0 amide bonds. The number of pyridine rings is 2. The monoisotopic (exact) mass is 485 g/mol. The van der Waals surface area contributed by atoms with Crippen molar-refractivity contribution in [3.63, 3.8) is 0 Å². The lowest BCUT2D eigenvalue weighted by atomic mass is 9.97. The van der Waals surface area contributed by atoms with Gasteiger partial charge in [-0.3, -0.25) is 0 Å². The van der Waals surface area contributed by atoms with Crippen LogP contribution in [0.5, 0.6) is 5.88 Å². The van der Waals surface area contributed by atoms with Gasteiger partial charge in [-0.25, -0.2) is 36.6 Å². The molecule has 4 aromatic rings. The molecule has 10 nitrogen and oxygen atoms in total. The minimum atomic E-state index is -3.54. The zero-order chi connectivity index (χ0) is 24.0. The van der Waals surface area contributed by atoms with Crippen LogP contribution in [0.1, 0.15) is 17.8 Å². The molecule has 2 N–H and O–H groups in total.